The molecule has 0 aromatic carbocycles. The van der Waals surface area contributed by atoms with E-state index in [0.29, 0.717) is 5.69 Å². The number of hydrogen-bond donors (Lipinski definition) is 2. The molecule has 104 valence electrons. The summed E-state index contributed by atoms with van der Waals surface area (Å²) in [6, 6.07) is 1.47. The first-order valence-corrected chi connectivity index (χ1v) is 6.50. The summed E-state index contributed by atoms with van der Waals surface area (Å²) in [4.78, 5) is 23.4. The van der Waals surface area contributed by atoms with Crippen molar-refractivity contribution < 1.29 is 14.7 Å². The largest absolute Gasteiger partial charge is 0.393 e. The SMILES string of the molecule is CCn1nc(C(=O)C[C@H]2NC(=O)[C@@H]2[C@@H](C)O)cc1C. The zero-order valence-electron chi connectivity index (χ0n) is 11.4. The maximum absolute atomic E-state index is 12.1. The van der Waals surface area contributed by atoms with Crippen LogP contribution in [-0.4, -0.2) is 38.7 Å². The van der Waals surface area contributed by atoms with Gasteiger partial charge in [0, 0.05) is 18.7 Å². The molecule has 1 aromatic heterocycles. The summed E-state index contributed by atoms with van der Waals surface area (Å²) in [5, 5.41) is 16.4. The Morgan fingerprint density at radius 1 is 1.63 bits per heavy atom. The summed E-state index contributed by atoms with van der Waals surface area (Å²) >= 11 is 0. The molecule has 3 atom stereocenters. The van der Waals surface area contributed by atoms with Gasteiger partial charge in [-0.15, -0.1) is 0 Å². The van der Waals surface area contributed by atoms with Gasteiger partial charge in [0.15, 0.2) is 5.78 Å². The van der Waals surface area contributed by atoms with Crippen molar-refractivity contribution in [2.24, 2.45) is 5.92 Å². The minimum absolute atomic E-state index is 0.106. The van der Waals surface area contributed by atoms with Crippen LogP contribution in [0.4, 0.5) is 0 Å². The second-order valence-electron chi connectivity index (χ2n) is 5.00. The van der Waals surface area contributed by atoms with E-state index in [1.807, 2.05) is 13.8 Å². The van der Waals surface area contributed by atoms with Crippen molar-refractivity contribution in [3.05, 3.63) is 17.5 Å². The third kappa shape index (κ3) is 2.53. The number of amides is 1. The average Bonchev–Trinajstić information content (AvgIpc) is 2.68. The molecule has 1 fully saturated rings. The molecule has 0 unspecified atom stereocenters. The summed E-state index contributed by atoms with van der Waals surface area (Å²) in [5.41, 5.74) is 1.36. The summed E-state index contributed by atoms with van der Waals surface area (Å²) < 4.78 is 1.76. The number of β-lactam (4-membered cyclic amide) rings is 1. The molecular formula is C13H19N3O3. The van der Waals surface area contributed by atoms with Crippen LogP contribution in [0.25, 0.3) is 0 Å². The number of aliphatic hydroxyl groups is 1. The first-order chi connectivity index (χ1) is 8.93. The number of Topliss-reactive ketones (excluding diaryl/α,β-unsaturated/α-hetero) is 1. The van der Waals surface area contributed by atoms with Gasteiger partial charge in [-0.05, 0) is 26.8 Å². The van der Waals surface area contributed by atoms with Gasteiger partial charge in [-0.1, -0.05) is 0 Å². The Hall–Kier alpha value is -1.69. The molecule has 1 saturated heterocycles. The average molecular weight is 265 g/mol. The standard InChI is InChI=1S/C13H19N3O3/c1-4-16-7(2)5-9(15-16)11(18)6-10-12(8(3)17)13(19)14-10/h5,8,10,12,17H,4,6H2,1-3H3,(H,14,19)/t8-,10-,12-/m1/s1. The molecule has 0 bridgehead atoms. The van der Waals surface area contributed by atoms with Gasteiger partial charge in [-0.2, -0.15) is 5.10 Å². The van der Waals surface area contributed by atoms with Crippen molar-refractivity contribution in [1.29, 1.82) is 0 Å². The molecule has 0 aliphatic carbocycles. The van der Waals surface area contributed by atoms with Gasteiger partial charge >= 0.3 is 0 Å². The van der Waals surface area contributed by atoms with Crippen LogP contribution in [0.1, 0.15) is 36.5 Å². The van der Waals surface area contributed by atoms with Gasteiger partial charge in [-0.3, -0.25) is 14.3 Å². The van der Waals surface area contributed by atoms with Crippen LogP contribution >= 0.6 is 0 Å². The molecule has 0 saturated carbocycles. The molecule has 0 spiro atoms. The van der Waals surface area contributed by atoms with Gasteiger partial charge in [0.1, 0.15) is 5.69 Å². The molecule has 1 amide bonds. The number of rotatable bonds is 5. The highest BCUT2D eigenvalue weighted by atomic mass is 16.3. The summed E-state index contributed by atoms with van der Waals surface area (Å²) in [5.74, 6) is -0.785. The van der Waals surface area contributed by atoms with Crippen LogP contribution in [-0.2, 0) is 11.3 Å². The second-order valence-corrected chi connectivity index (χ2v) is 5.00. The Balaban J connectivity index is 2.03. The van der Waals surface area contributed by atoms with E-state index < -0.39 is 12.0 Å². The van der Waals surface area contributed by atoms with Crippen molar-refractivity contribution in [3.8, 4) is 0 Å². The summed E-state index contributed by atoms with van der Waals surface area (Å²) in [7, 11) is 0. The van der Waals surface area contributed by atoms with Gasteiger partial charge in [-0.25, -0.2) is 0 Å². The van der Waals surface area contributed by atoms with Crippen molar-refractivity contribution in [2.75, 3.05) is 0 Å². The maximum Gasteiger partial charge on any atom is 0.228 e. The molecule has 0 radical (unpaired) electrons. The lowest BCUT2D eigenvalue weighted by Crippen LogP contribution is -2.62. The topological polar surface area (TPSA) is 84.2 Å². The molecule has 6 heteroatoms. The Morgan fingerprint density at radius 2 is 2.32 bits per heavy atom. The van der Waals surface area contributed by atoms with Crippen molar-refractivity contribution in [2.45, 2.75) is 45.9 Å². The summed E-state index contributed by atoms with van der Waals surface area (Å²) in [6.07, 6.45) is -0.553. The third-order valence-electron chi connectivity index (χ3n) is 3.56. The number of carbonyl (C=O) groups is 2. The lowest BCUT2D eigenvalue weighted by atomic mass is 9.83. The van der Waals surface area contributed by atoms with Gasteiger partial charge < -0.3 is 10.4 Å². The highest BCUT2D eigenvalue weighted by Crippen LogP contribution is 2.23. The lowest BCUT2D eigenvalue weighted by molar-refractivity contribution is -0.140. The minimum Gasteiger partial charge on any atom is -0.393 e. The number of aliphatic hydroxyl groups excluding tert-OH is 1. The van der Waals surface area contributed by atoms with Crippen molar-refractivity contribution in [1.82, 2.24) is 15.1 Å². The molecule has 2 heterocycles. The maximum atomic E-state index is 12.1. The monoisotopic (exact) mass is 265 g/mol. The van der Waals surface area contributed by atoms with Gasteiger partial charge in [0.2, 0.25) is 5.91 Å². The van der Waals surface area contributed by atoms with Crippen molar-refractivity contribution in [3.63, 3.8) is 0 Å². The number of nitrogens with zero attached hydrogens (tertiary/aromatic N) is 2. The van der Waals surface area contributed by atoms with E-state index in [4.69, 9.17) is 0 Å². The highest BCUT2D eigenvalue weighted by Gasteiger charge is 2.43. The van der Waals surface area contributed by atoms with Gasteiger partial charge in [0.05, 0.1) is 18.1 Å². The second kappa shape index (κ2) is 5.13. The zero-order chi connectivity index (χ0) is 14.2. The minimum atomic E-state index is -0.735. The molecule has 19 heavy (non-hydrogen) atoms. The Bertz CT molecular complexity index is 507. The van der Waals surface area contributed by atoms with Crippen LogP contribution in [0.3, 0.4) is 0 Å². The molecule has 1 aliphatic rings. The third-order valence-corrected chi connectivity index (χ3v) is 3.56. The smallest absolute Gasteiger partial charge is 0.228 e. The van der Waals surface area contributed by atoms with E-state index in [9.17, 15) is 14.7 Å². The zero-order valence-corrected chi connectivity index (χ0v) is 11.4. The fraction of sp³-hybridized carbons (Fsp3) is 0.615. The fourth-order valence-corrected chi connectivity index (χ4v) is 2.46. The van der Waals surface area contributed by atoms with Crippen LogP contribution in [0.2, 0.25) is 0 Å². The van der Waals surface area contributed by atoms with Crippen LogP contribution < -0.4 is 5.32 Å². The Morgan fingerprint density at radius 3 is 2.79 bits per heavy atom. The normalized spacial score (nSPS) is 23.7. The van der Waals surface area contributed by atoms with E-state index in [1.54, 1.807) is 17.7 Å². The fourth-order valence-electron chi connectivity index (χ4n) is 2.46. The van der Waals surface area contributed by atoms with E-state index in [-0.39, 0.29) is 24.2 Å². The lowest BCUT2D eigenvalue weighted by Gasteiger charge is -2.38. The number of aromatic nitrogens is 2. The molecule has 1 aromatic rings. The van der Waals surface area contributed by atoms with Crippen LogP contribution in [0.15, 0.2) is 6.07 Å². The van der Waals surface area contributed by atoms with Crippen molar-refractivity contribution >= 4 is 11.7 Å². The summed E-state index contributed by atoms with van der Waals surface area (Å²) in [6.45, 7) is 6.15. The van der Waals surface area contributed by atoms with E-state index in [2.05, 4.69) is 10.4 Å². The molecule has 2 rings (SSSR count). The van der Waals surface area contributed by atoms with Crippen LogP contribution in [0.5, 0.6) is 0 Å². The van der Waals surface area contributed by atoms with E-state index >= 15 is 0 Å². The van der Waals surface area contributed by atoms with Gasteiger partial charge in [0.25, 0.3) is 0 Å². The first kappa shape index (κ1) is 13.7. The number of carbonyl (C=O) groups excluding carboxylic acids is 2. The number of aryl methyl sites for hydroxylation is 2. The van der Waals surface area contributed by atoms with Crippen LogP contribution in [0, 0.1) is 12.8 Å². The van der Waals surface area contributed by atoms with E-state index in [0.717, 1.165) is 12.2 Å². The Kier molecular flexibility index (Phi) is 3.71. The predicted molar refractivity (Wildman–Crippen MR) is 68.7 cm³/mol. The Labute approximate surface area is 111 Å². The molecule has 6 nitrogen and oxygen atoms in total. The number of nitrogens with one attached hydrogen (secondary N) is 1. The predicted octanol–water partition coefficient (Wildman–Crippen LogP) is 0.280. The first-order valence-electron chi connectivity index (χ1n) is 6.50. The molecular weight excluding hydrogens is 246 g/mol. The number of hydrogen-bond acceptors (Lipinski definition) is 4. The molecule has 2 N–H and O–H groups in total. The van der Waals surface area contributed by atoms with E-state index in [1.165, 1.54) is 0 Å². The quantitative estimate of drug-likeness (QED) is 0.591. The highest BCUT2D eigenvalue weighted by molar-refractivity contribution is 5.97. The molecule has 1 aliphatic heterocycles. The number of ketones is 1.